The molecular weight excluding hydrogens is 344 g/mol. The Balaban J connectivity index is 1.63. The number of methoxy groups -OCH3 is 1. The molecule has 1 aromatic heterocycles. The lowest BCUT2D eigenvalue weighted by molar-refractivity contribution is -0.148. The summed E-state index contributed by atoms with van der Waals surface area (Å²) in [5.41, 5.74) is 4.02. The second kappa shape index (κ2) is 8.03. The van der Waals surface area contributed by atoms with Gasteiger partial charge >= 0.3 is 5.97 Å². The Kier molecular flexibility index (Phi) is 5.54. The lowest BCUT2D eigenvalue weighted by Crippen LogP contribution is -2.12. The average Bonchev–Trinajstić information content (AvgIpc) is 3.15. The Bertz CT molecular complexity index is 932. The predicted molar refractivity (Wildman–Crippen MR) is 100 cm³/mol. The number of nitrogens with zero attached hydrogens (tertiary/aromatic N) is 2. The first-order valence-electron chi connectivity index (χ1n) is 8.69. The standard InChI is InChI=1S/C21H22N2O4/c1-13-5-6-16(11-14(13)2)12-19(24)26-15(3)20-22-23-21(27-20)17-7-9-18(25-4)10-8-17/h5-11,15H,12H2,1-4H3/t15-/m0/s1. The summed E-state index contributed by atoms with van der Waals surface area (Å²) in [6.45, 7) is 5.77. The van der Waals surface area contributed by atoms with Gasteiger partial charge in [0.15, 0.2) is 6.10 Å². The third kappa shape index (κ3) is 4.53. The third-order valence-corrected chi connectivity index (χ3v) is 4.35. The van der Waals surface area contributed by atoms with Crippen molar-refractivity contribution >= 4 is 5.97 Å². The van der Waals surface area contributed by atoms with Crippen LogP contribution in [0.5, 0.6) is 5.75 Å². The van der Waals surface area contributed by atoms with Gasteiger partial charge in [0.25, 0.3) is 5.89 Å². The van der Waals surface area contributed by atoms with Crippen LogP contribution in [0, 0.1) is 13.8 Å². The van der Waals surface area contributed by atoms with Gasteiger partial charge in [0, 0.05) is 5.56 Å². The van der Waals surface area contributed by atoms with Crippen LogP contribution in [0.1, 0.15) is 35.6 Å². The molecule has 0 saturated carbocycles. The highest BCUT2D eigenvalue weighted by atomic mass is 16.6. The largest absolute Gasteiger partial charge is 0.497 e. The van der Waals surface area contributed by atoms with Gasteiger partial charge < -0.3 is 13.9 Å². The van der Waals surface area contributed by atoms with Gasteiger partial charge in [-0.3, -0.25) is 4.79 Å². The fourth-order valence-corrected chi connectivity index (χ4v) is 2.62. The van der Waals surface area contributed by atoms with Crippen LogP contribution < -0.4 is 4.74 Å². The number of carbonyl (C=O) groups is 1. The van der Waals surface area contributed by atoms with Crippen LogP contribution >= 0.6 is 0 Å². The van der Waals surface area contributed by atoms with Crippen LogP contribution in [0.4, 0.5) is 0 Å². The second-order valence-corrected chi connectivity index (χ2v) is 6.40. The molecule has 0 amide bonds. The number of hydrogen-bond acceptors (Lipinski definition) is 6. The zero-order valence-corrected chi connectivity index (χ0v) is 15.9. The fraction of sp³-hybridized carbons (Fsp3) is 0.286. The van der Waals surface area contributed by atoms with E-state index in [1.807, 2.05) is 56.3 Å². The first-order chi connectivity index (χ1) is 13.0. The summed E-state index contributed by atoms with van der Waals surface area (Å²) in [5, 5.41) is 8.02. The summed E-state index contributed by atoms with van der Waals surface area (Å²) in [6, 6.07) is 13.2. The number of benzene rings is 2. The lowest BCUT2D eigenvalue weighted by atomic mass is 10.0. The number of aromatic nitrogens is 2. The molecule has 0 saturated heterocycles. The van der Waals surface area contributed by atoms with E-state index in [0.717, 1.165) is 22.4 Å². The fourth-order valence-electron chi connectivity index (χ4n) is 2.62. The maximum absolute atomic E-state index is 12.2. The van der Waals surface area contributed by atoms with Gasteiger partial charge in [-0.25, -0.2) is 0 Å². The maximum Gasteiger partial charge on any atom is 0.311 e. The highest BCUT2D eigenvalue weighted by Crippen LogP contribution is 2.24. The topological polar surface area (TPSA) is 74.5 Å². The molecule has 6 nitrogen and oxygen atoms in total. The molecule has 3 aromatic rings. The average molecular weight is 366 g/mol. The Morgan fingerprint density at radius 1 is 1.07 bits per heavy atom. The van der Waals surface area contributed by atoms with Gasteiger partial charge in [0.1, 0.15) is 5.75 Å². The minimum Gasteiger partial charge on any atom is -0.497 e. The molecule has 6 heteroatoms. The van der Waals surface area contributed by atoms with E-state index < -0.39 is 6.10 Å². The molecule has 140 valence electrons. The molecule has 0 aliphatic rings. The normalized spacial score (nSPS) is 11.9. The summed E-state index contributed by atoms with van der Waals surface area (Å²) >= 11 is 0. The monoisotopic (exact) mass is 366 g/mol. The molecule has 0 N–H and O–H groups in total. The molecule has 0 fully saturated rings. The quantitative estimate of drug-likeness (QED) is 0.609. The van der Waals surface area contributed by atoms with Crippen molar-refractivity contribution in [2.45, 2.75) is 33.3 Å². The SMILES string of the molecule is COc1ccc(-c2nnc([C@H](C)OC(=O)Cc3ccc(C)c(C)c3)o2)cc1. The molecule has 0 unspecified atom stereocenters. The van der Waals surface area contributed by atoms with Crippen molar-refractivity contribution in [1.82, 2.24) is 10.2 Å². The highest BCUT2D eigenvalue weighted by Gasteiger charge is 2.19. The molecule has 1 atom stereocenters. The first kappa shape index (κ1) is 18.6. The molecule has 0 aliphatic heterocycles. The van der Waals surface area contributed by atoms with E-state index in [2.05, 4.69) is 10.2 Å². The summed E-state index contributed by atoms with van der Waals surface area (Å²) in [5.74, 6) is 1.03. The molecule has 1 heterocycles. The highest BCUT2D eigenvalue weighted by molar-refractivity contribution is 5.73. The van der Waals surface area contributed by atoms with Crippen molar-refractivity contribution in [1.29, 1.82) is 0 Å². The molecule has 27 heavy (non-hydrogen) atoms. The first-order valence-corrected chi connectivity index (χ1v) is 8.69. The predicted octanol–water partition coefficient (Wildman–Crippen LogP) is 4.21. The van der Waals surface area contributed by atoms with E-state index in [1.165, 1.54) is 5.56 Å². The smallest absolute Gasteiger partial charge is 0.311 e. The van der Waals surface area contributed by atoms with E-state index >= 15 is 0 Å². The molecule has 0 aliphatic carbocycles. The van der Waals surface area contributed by atoms with Crippen LogP contribution in [0.2, 0.25) is 0 Å². The van der Waals surface area contributed by atoms with E-state index in [4.69, 9.17) is 13.9 Å². The Labute approximate surface area is 158 Å². The van der Waals surface area contributed by atoms with Crippen molar-refractivity contribution in [3.63, 3.8) is 0 Å². The van der Waals surface area contributed by atoms with Gasteiger partial charge in [-0.2, -0.15) is 0 Å². The van der Waals surface area contributed by atoms with Crippen LogP contribution in [-0.2, 0) is 16.0 Å². The number of rotatable bonds is 6. The van der Waals surface area contributed by atoms with Gasteiger partial charge in [-0.1, -0.05) is 18.2 Å². The summed E-state index contributed by atoms with van der Waals surface area (Å²) in [7, 11) is 1.60. The van der Waals surface area contributed by atoms with Crippen LogP contribution in [0.15, 0.2) is 46.9 Å². The number of esters is 1. The number of carbonyl (C=O) groups excluding carboxylic acids is 1. The molecule has 0 bridgehead atoms. The van der Waals surface area contributed by atoms with Gasteiger partial charge in [0.05, 0.1) is 13.5 Å². The second-order valence-electron chi connectivity index (χ2n) is 6.40. The molecular formula is C21H22N2O4. The minimum absolute atomic E-state index is 0.199. The molecule has 3 rings (SSSR count). The molecule has 2 aromatic carbocycles. The molecule has 0 spiro atoms. The van der Waals surface area contributed by atoms with Crippen molar-refractivity contribution in [2.75, 3.05) is 7.11 Å². The lowest BCUT2D eigenvalue weighted by Gasteiger charge is -2.10. The minimum atomic E-state index is -0.622. The number of hydrogen-bond donors (Lipinski definition) is 0. The third-order valence-electron chi connectivity index (χ3n) is 4.35. The van der Waals surface area contributed by atoms with Gasteiger partial charge in [-0.05, 0) is 61.7 Å². The van der Waals surface area contributed by atoms with Crippen LogP contribution in [0.3, 0.4) is 0 Å². The van der Waals surface area contributed by atoms with Crippen LogP contribution in [0.25, 0.3) is 11.5 Å². The van der Waals surface area contributed by atoms with Gasteiger partial charge in [-0.15, -0.1) is 10.2 Å². The van der Waals surface area contributed by atoms with Crippen LogP contribution in [-0.4, -0.2) is 23.3 Å². The summed E-state index contributed by atoms with van der Waals surface area (Å²) < 4.78 is 16.2. The zero-order chi connectivity index (χ0) is 19.4. The Morgan fingerprint density at radius 3 is 2.48 bits per heavy atom. The van der Waals surface area contributed by atoms with E-state index in [-0.39, 0.29) is 18.3 Å². The maximum atomic E-state index is 12.2. The van der Waals surface area contributed by atoms with E-state index in [0.29, 0.717) is 5.89 Å². The Hall–Kier alpha value is -3.15. The van der Waals surface area contributed by atoms with E-state index in [1.54, 1.807) is 14.0 Å². The zero-order valence-electron chi connectivity index (χ0n) is 15.9. The van der Waals surface area contributed by atoms with Crippen molar-refractivity contribution in [3.05, 3.63) is 65.0 Å². The number of ether oxygens (including phenoxy) is 2. The Morgan fingerprint density at radius 2 is 1.81 bits per heavy atom. The van der Waals surface area contributed by atoms with Gasteiger partial charge in [0.2, 0.25) is 5.89 Å². The van der Waals surface area contributed by atoms with Crippen molar-refractivity contribution < 1.29 is 18.7 Å². The van der Waals surface area contributed by atoms with E-state index in [9.17, 15) is 4.79 Å². The molecule has 0 radical (unpaired) electrons. The van der Waals surface area contributed by atoms with Crippen molar-refractivity contribution in [3.8, 4) is 17.2 Å². The van der Waals surface area contributed by atoms with Crippen molar-refractivity contribution in [2.24, 2.45) is 0 Å². The summed E-state index contributed by atoms with van der Waals surface area (Å²) in [4.78, 5) is 12.2. The summed E-state index contributed by atoms with van der Waals surface area (Å²) in [6.07, 6.45) is -0.422. The number of aryl methyl sites for hydroxylation is 2.